The number of nitrogens with two attached hydrogens (primary N) is 1. The number of aryl methyl sites for hydroxylation is 1. The van der Waals surface area contributed by atoms with Gasteiger partial charge < -0.3 is 5.73 Å². The van der Waals surface area contributed by atoms with Crippen LogP contribution in [0.4, 0.5) is 0 Å². The molecule has 0 bridgehead atoms. The molecule has 0 fully saturated rings. The van der Waals surface area contributed by atoms with E-state index in [1.165, 1.54) is 16.0 Å². The number of benzene rings is 1. The average Bonchev–Trinajstić information content (AvgIpc) is 2.93. The summed E-state index contributed by atoms with van der Waals surface area (Å²) in [5.41, 5.74) is 8.58. The fourth-order valence-corrected chi connectivity index (χ4v) is 3.63. The number of nitrogens with zero attached hydrogens (tertiary/aromatic N) is 1. The molecule has 1 atom stereocenters. The Bertz CT molecular complexity index is 566. The van der Waals surface area contributed by atoms with Crippen molar-refractivity contribution in [3.05, 3.63) is 56.7 Å². The minimum absolute atomic E-state index is 0.212. The van der Waals surface area contributed by atoms with E-state index in [0.717, 1.165) is 11.6 Å². The molecule has 0 saturated heterocycles. The Labute approximate surface area is 136 Å². The molecule has 2 N–H and O–H groups in total. The van der Waals surface area contributed by atoms with Crippen molar-refractivity contribution in [2.45, 2.75) is 39.4 Å². The van der Waals surface area contributed by atoms with Crippen LogP contribution in [0.1, 0.15) is 35.9 Å². The lowest BCUT2D eigenvalue weighted by Crippen LogP contribution is -2.38. The molecule has 114 valence electrons. The molecule has 2 nitrogen and oxygen atoms in total. The standard InChI is InChI=1S/C17H23ClN2S/c1-12(2)20(11-15-5-4-8-21-15)17(10-19)16-7-6-14(18)9-13(16)3/h4-9,12,17H,10-11,19H2,1-3H3. The van der Waals surface area contributed by atoms with Crippen LogP contribution < -0.4 is 5.73 Å². The van der Waals surface area contributed by atoms with Gasteiger partial charge >= 0.3 is 0 Å². The lowest BCUT2D eigenvalue weighted by Gasteiger charge is -2.35. The van der Waals surface area contributed by atoms with Crippen LogP contribution in [0.3, 0.4) is 0 Å². The van der Waals surface area contributed by atoms with Crippen LogP contribution in [-0.4, -0.2) is 17.5 Å². The molecule has 1 heterocycles. The lowest BCUT2D eigenvalue weighted by atomic mass is 9.98. The molecule has 1 aromatic carbocycles. The maximum absolute atomic E-state index is 6.11. The van der Waals surface area contributed by atoms with Gasteiger partial charge in [0.1, 0.15) is 0 Å². The Kier molecular flexibility index (Phi) is 5.82. The van der Waals surface area contributed by atoms with Crippen LogP contribution in [0, 0.1) is 6.92 Å². The zero-order valence-corrected chi connectivity index (χ0v) is 14.4. The van der Waals surface area contributed by atoms with E-state index in [1.54, 1.807) is 11.3 Å². The molecular formula is C17H23ClN2S. The number of hydrogen-bond donors (Lipinski definition) is 1. The van der Waals surface area contributed by atoms with E-state index < -0.39 is 0 Å². The van der Waals surface area contributed by atoms with Crippen molar-refractivity contribution in [2.75, 3.05) is 6.54 Å². The maximum atomic E-state index is 6.11. The van der Waals surface area contributed by atoms with E-state index in [0.29, 0.717) is 12.6 Å². The largest absolute Gasteiger partial charge is 0.329 e. The smallest absolute Gasteiger partial charge is 0.0479 e. The molecule has 4 heteroatoms. The molecule has 1 aromatic heterocycles. The van der Waals surface area contributed by atoms with Gasteiger partial charge in [-0.3, -0.25) is 4.90 Å². The van der Waals surface area contributed by atoms with Crippen LogP contribution in [-0.2, 0) is 6.54 Å². The van der Waals surface area contributed by atoms with Gasteiger partial charge in [-0.25, -0.2) is 0 Å². The molecule has 2 aromatic rings. The van der Waals surface area contributed by atoms with Crippen molar-refractivity contribution in [2.24, 2.45) is 5.73 Å². The first-order valence-corrected chi connectivity index (χ1v) is 8.53. The van der Waals surface area contributed by atoms with Crippen LogP contribution in [0.2, 0.25) is 5.02 Å². The third-order valence-electron chi connectivity index (χ3n) is 3.80. The van der Waals surface area contributed by atoms with Crippen molar-refractivity contribution in [3.63, 3.8) is 0 Å². The fraction of sp³-hybridized carbons (Fsp3) is 0.412. The minimum Gasteiger partial charge on any atom is -0.329 e. The van der Waals surface area contributed by atoms with Gasteiger partial charge in [0.25, 0.3) is 0 Å². The topological polar surface area (TPSA) is 29.3 Å². The summed E-state index contributed by atoms with van der Waals surface area (Å²) in [6.07, 6.45) is 0. The Morgan fingerprint density at radius 3 is 2.57 bits per heavy atom. The average molecular weight is 323 g/mol. The molecule has 1 unspecified atom stereocenters. The van der Waals surface area contributed by atoms with Crippen LogP contribution >= 0.6 is 22.9 Å². The van der Waals surface area contributed by atoms with Gasteiger partial charge in [0.05, 0.1) is 0 Å². The highest BCUT2D eigenvalue weighted by molar-refractivity contribution is 7.09. The molecule has 21 heavy (non-hydrogen) atoms. The first-order valence-electron chi connectivity index (χ1n) is 7.27. The highest BCUT2D eigenvalue weighted by atomic mass is 35.5. The van der Waals surface area contributed by atoms with E-state index in [1.807, 2.05) is 12.1 Å². The molecular weight excluding hydrogens is 300 g/mol. The minimum atomic E-state index is 0.212. The molecule has 2 rings (SSSR count). The Morgan fingerprint density at radius 2 is 2.05 bits per heavy atom. The van der Waals surface area contributed by atoms with Gasteiger partial charge in [-0.2, -0.15) is 0 Å². The van der Waals surface area contributed by atoms with Crippen molar-refractivity contribution >= 4 is 22.9 Å². The van der Waals surface area contributed by atoms with E-state index in [4.69, 9.17) is 17.3 Å². The third kappa shape index (κ3) is 4.07. The monoisotopic (exact) mass is 322 g/mol. The molecule has 0 spiro atoms. The van der Waals surface area contributed by atoms with Crippen molar-refractivity contribution < 1.29 is 0 Å². The number of hydrogen-bond acceptors (Lipinski definition) is 3. The van der Waals surface area contributed by atoms with Gasteiger partial charge in [-0.05, 0) is 55.5 Å². The van der Waals surface area contributed by atoms with Crippen LogP contribution in [0.25, 0.3) is 0 Å². The molecule has 0 amide bonds. The van der Waals surface area contributed by atoms with Gasteiger partial charge in [0.15, 0.2) is 0 Å². The predicted octanol–water partition coefficient (Wildman–Crippen LogP) is 4.62. The Morgan fingerprint density at radius 1 is 1.29 bits per heavy atom. The second-order valence-corrected chi connectivity index (χ2v) is 7.07. The highest BCUT2D eigenvalue weighted by Crippen LogP contribution is 2.29. The van der Waals surface area contributed by atoms with Crippen molar-refractivity contribution in [1.29, 1.82) is 0 Å². The second kappa shape index (κ2) is 7.41. The summed E-state index contributed by atoms with van der Waals surface area (Å²) in [5, 5.41) is 2.90. The zero-order chi connectivity index (χ0) is 15.4. The Balaban J connectivity index is 2.31. The van der Waals surface area contributed by atoms with Gasteiger partial charge in [-0.1, -0.05) is 23.7 Å². The van der Waals surface area contributed by atoms with Crippen LogP contribution in [0.5, 0.6) is 0 Å². The summed E-state index contributed by atoms with van der Waals surface area (Å²) in [6, 6.07) is 11.0. The lowest BCUT2D eigenvalue weighted by molar-refractivity contribution is 0.149. The van der Waals surface area contributed by atoms with E-state index in [-0.39, 0.29) is 6.04 Å². The number of thiophene rings is 1. The van der Waals surface area contributed by atoms with Gasteiger partial charge in [-0.15, -0.1) is 11.3 Å². The predicted molar refractivity (Wildman–Crippen MR) is 93.0 cm³/mol. The fourth-order valence-electron chi connectivity index (χ4n) is 2.69. The van der Waals surface area contributed by atoms with E-state index in [9.17, 15) is 0 Å². The number of rotatable bonds is 6. The van der Waals surface area contributed by atoms with E-state index >= 15 is 0 Å². The molecule has 0 radical (unpaired) electrons. The summed E-state index contributed by atoms with van der Waals surface area (Å²) in [7, 11) is 0. The third-order valence-corrected chi connectivity index (χ3v) is 4.89. The van der Waals surface area contributed by atoms with Crippen molar-refractivity contribution in [1.82, 2.24) is 4.90 Å². The van der Waals surface area contributed by atoms with Gasteiger partial charge in [0, 0.05) is 35.1 Å². The summed E-state index contributed by atoms with van der Waals surface area (Å²) in [4.78, 5) is 3.83. The summed E-state index contributed by atoms with van der Waals surface area (Å²) in [5.74, 6) is 0. The maximum Gasteiger partial charge on any atom is 0.0479 e. The molecule has 0 aliphatic heterocycles. The summed E-state index contributed by atoms with van der Waals surface area (Å²) >= 11 is 7.87. The number of halogens is 1. The zero-order valence-electron chi connectivity index (χ0n) is 12.8. The first-order chi connectivity index (χ1) is 10.0. The normalized spacial score (nSPS) is 13.1. The first kappa shape index (κ1) is 16.5. The summed E-state index contributed by atoms with van der Waals surface area (Å²) < 4.78 is 0. The van der Waals surface area contributed by atoms with Crippen LogP contribution in [0.15, 0.2) is 35.7 Å². The second-order valence-electron chi connectivity index (χ2n) is 5.60. The highest BCUT2D eigenvalue weighted by Gasteiger charge is 2.23. The molecule has 0 aliphatic rings. The van der Waals surface area contributed by atoms with Gasteiger partial charge in [0.2, 0.25) is 0 Å². The Hall–Kier alpha value is -0.870. The van der Waals surface area contributed by atoms with Crippen molar-refractivity contribution in [3.8, 4) is 0 Å². The molecule has 0 aliphatic carbocycles. The molecule has 0 saturated carbocycles. The van der Waals surface area contributed by atoms with E-state index in [2.05, 4.69) is 49.3 Å². The summed E-state index contributed by atoms with van der Waals surface area (Å²) in [6.45, 7) is 8.09. The quantitative estimate of drug-likeness (QED) is 0.840. The SMILES string of the molecule is Cc1cc(Cl)ccc1C(CN)N(Cc1cccs1)C(C)C.